The van der Waals surface area contributed by atoms with E-state index in [1.165, 1.54) is 5.56 Å². The van der Waals surface area contributed by atoms with E-state index in [2.05, 4.69) is 53.7 Å². The van der Waals surface area contributed by atoms with Crippen molar-refractivity contribution in [3.8, 4) is 0 Å². The van der Waals surface area contributed by atoms with Crippen LogP contribution >= 0.6 is 7.52 Å². The first-order valence-electron chi connectivity index (χ1n) is 10.4. The number of nitrogens with zero attached hydrogens (tertiary/aromatic N) is 1. The first kappa shape index (κ1) is 23.6. The molecule has 5 heteroatoms. The van der Waals surface area contributed by atoms with E-state index in [9.17, 15) is 9.67 Å². The van der Waals surface area contributed by atoms with Crippen molar-refractivity contribution in [3.63, 3.8) is 0 Å². The van der Waals surface area contributed by atoms with Crippen LogP contribution in [0.4, 0.5) is 0 Å². The Morgan fingerprint density at radius 3 is 2.00 bits per heavy atom. The first-order chi connectivity index (χ1) is 12.5. The molecule has 0 aromatic heterocycles. The smallest absolute Gasteiger partial charge is 0.282 e. The Morgan fingerprint density at radius 2 is 1.61 bits per heavy atom. The molecule has 1 N–H and O–H groups in total. The summed E-state index contributed by atoms with van der Waals surface area (Å²) in [5.41, 5.74) is 1.20. The predicted octanol–water partition coefficient (Wildman–Crippen LogP) is 6.29. The van der Waals surface area contributed by atoms with Gasteiger partial charge in [0.1, 0.15) is 0 Å². The molecule has 1 fully saturated rings. The normalized spacial score (nSPS) is 26.8. The van der Waals surface area contributed by atoms with Crippen LogP contribution < -0.4 is 0 Å². The molecule has 3 atom stereocenters. The molecule has 1 aliphatic rings. The van der Waals surface area contributed by atoms with Gasteiger partial charge in [0.15, 0.2) is 0 Å². The van der Waals surface area contributed by atoms with Crippen molar-refractivity contribution in [1.82, 2.24) is 4.67 Å². The van der Waals surface area contributed by atoms with Gasteiger partial charge in [-0.05, 0) is 64.5 Å². The Morgan fingerprint density at radius 1 is 1.11 bits per heavy atom. The van der Waals surface area contributed by atoms with E-state index in [4.69, 9.17) is 4.52 Å². The zero-order valence-corrected chi connectivity index (χ0v) is 20.4. The number of aliphatic hydroxyl groups is 1. The highest BCUT2D eigenvalue weighted by Crippen LogP contribution is 2.73. The molecule has 0 amide bonds. The molecular weight excluding hydrogens is 369 g/mol. The third-order valence-corrected chi connectivity index (χ3v) is 10.0. The van der Waals surface area contributed by atoms with Crippen LogP contribution in [0.1, 0.15) is 92.9 Å². The lowest BCUT2D eigenvalue weighted by molar-refractivity contribution is 0.100. The molecule has 4 nitrogen and oxygen atoms in total. The van der Waals surface area contributed by atoms with Crippen LogP contribution in [0.3, 0.4) is 0 Å². The maximum atomic E-state index is 14.4. The number of hydrogen-bond donors (Lipinski definition) is 1. The average Bonchev–Trinajstić information content (AvgIpc) is 2.83. The third-order valence-electron chi connectivity index (χ3n) is 6.04. The maximum Gasteiger partial charge on any atom is 0.282 e. The Bertz CT molecular complexity index is 743. The minimum Gasteiger partial charge on any atom is -0.387 e. The lowest BCUT2D eigenvalue weighted by Gasteiger charge is -2.45. The third kappa shape index (κ3) is 4.12. The first-order valence-corrected chi connectivity index (χ1v) is 11.9. The highest BCUT2D eigenvalue weighted by molar-refractivity contribution is 7.58. The van der Waals surface area contributed by atoms with Crippen molar-refractivity contribution in [1.29, 1.82) is 0 Å². The van der Waals surface area contributed by atoms with Crippen molar-refractivity contribution in [2.45, 2.75) is 103 Å². The van der Waals surface area contributed by atoms with E-state index in [0.29, 0.717) is 13.0 Å². The Balaban J connectivity index is 2.51. The van der Waals surface area contributed by atoms with Gasteiger partial charge in [0.2, 0.25) is 0 Å². The van der Waals surface area contributed by atoms with Gasteiger partial charge in [0.25, 0.3) is 7.52 Å². The van der Waals surface area contributed by atoms with Crippen LogP contribution in [-0.2, 0) is 14.5 Å². The Kier molecular flexibility index (Phi) is 6.10. The lowest BCUT2D eigenvalue weighted by atomic mass is 9.85. The summed E-state index contributed by atoms with van der Waals surface area (Å²) in [7, 11) is -3.33. The molecule has 0 saturated carbocycles. The second-order valence-corrected chi connectivity index (χ2v) is 13.8. The van der Waals surface area contributed by atoms with Crippen LogP contribution in [-0.4, -0.2) is 32.6 Å². The SMILES string of the molecule is CC[C@@](C)([C@H](O)c1ccc(C(C)(C)C)cc1)[P@@]1(=O)OC(C)(C)CN1C(C)(C)C. The van der Waals surface area contributed by atoms with E-state index < -0.39 is 24.4 Å². The second kappa shape index (κ2) is 7.23. The summed E-state index contributed by atoms with van der Waals surface area (Å²) in [5.74, 6) is 0. The summed E-state index contributed by atoms with van der Waals surface area (Å²) in [4.78, 5) is 0. The van der Waals surface area contributed by atoms with Gasteiger partial charge < -0.3 is 9.63 Å². The molecular formula is C23H40NO3P. The van der Waals surface area contributed by atoms with Gasteiger partial charge in [-0.15, -0.1) is 0 Å². The second-order valence-electron chi connectivity index (χ2n) is 11.1. The van der Waals surface area contributed by atoms with Crippen LogP contribution in [0.5, 0.6) is 0 Å². The summed E-state index contributed by atoms with van der Waals surface area (Å²) < 4.78 is 22.7. The van der Waals surface area contributed by atoms with Crippen molar-refractivity contribution in [3.05, 3.63) is 35.4 Å². The van der Waals surface area contributed by atoms with Gasteiger partial charge in [-0.3, -0.25) is 4.57 Å². The molecule has 1 aromatic rings. The number of hydrogen-bond acceptors (Lipinski definition) is 3. The lowest BCUT2D eigenvalue weighted by Crippen LogP contribution is -2.45. The fourth-order valence-corrected chi connectivity index (χ4v) is 7.71. The molecule has 160 valence electrons. The fraction of sp³-hybridized carbons (Fsp3) is 0.739. The molecule has 1 heterocycles. The monoisotopic (exact) mass is 409 g/mol. The fourth-order valence-electron chi connectivity index (χ4n) is 3.95. The molecule has 0 bridgehead atoms. The highest BCUT2D eigenvalue weighted by atomic mass is 31.2. The molecule has 1 aliphatic heterocycles. The minimum absolute atomic E-state index is 0.0475. The topological polar surface area (TPSA) is 49.8 Å². The van der Waals surface area contributed by atoms with Gasteiger partial charge in [0.05, 0.1) is 16.9 Å². The zero-order valence-electron chi connectivity index (χ0n) is 19.5. The van der Waals surface area contributed by atoms with Gasteiger partial charge in [0, 0.05) is 12.1 Å². The van der Waals surface area contributed by atoms with Crippen molar-refractivity contribution < 1.29 is 14.2 Å². The van der Waals surface area contributed by atoms with E-state index in [-0.39, 0.29) is 11.0 Å². The van der Waals surface area contributed by atoms with E-state index in [1.54, 1.807) is 0 Å². The van der Waals surface area contributed by atoms with Gasteiger partial charge in [-0.1, -0.05) is 52.0 Å². The number of rotatable bonds is 4. The summed E-state index contributed by atoms with van der Waals surface area (Å²) in [5, 5.41) is 10.5. The molecule has 1 aromatic carbocycles. The van der Waals surface area contributed by atoms with Gasteiger partial charge in [-0.25, -0.2) is 4.67 Å². The van der Waals surface area contributed by atoms with Gasteiger partial charge in [-0.2, -0.15) is 0 Å². The predicted molar refractivity (Wildman–Crippen MR) is 118 cm³/mol. The maximum absolute atomic E-state index is 14.4. The minimum atomic E-state index is -3.33. The van der Waals surface area contributed by atoms with Crippen LogP contribution in [0.15, 0.2) is 24.3 Å². The molecule has 0 radical (unpaired) electrons. The van der Waals surface area contributed by atoms with E-state index >= 15 is 0 Å². The summed E-state index contributed by atoms with van der Waals surface area (Å²) >= 11 is 0. The summed E-state index contributed by atoms with van der Waals surface area (Å²) in [6, 6.07) is 8.05. The average molecular weight is 410 g/mol. The van der Waals surface area contributed by atoms with E-state index in [1.807, 2.05) is 44.5 Å². The van der Waals surface area contributed by atoms with Crippen molar-refractivity contribution in [2.24, 2.45) is 0 Å². The molecule has 0 unspecified atom stereocenters. The van der Waals surface area contributed by atoms with Crippen LogP contribution in [0, 0.1) is 0 Å². The van der Waals surface area contributed by atoms with Crippen molar-refractivity contribution in [2.75, 3.05) is 6.54 Å². The van der Waals surface area contributed by atoms with E-state index in [0.717, 1.165) is 5.56 Å². The van der Waals surface area contributed by atoms with Gasteiger partial charge >= 0.3 is 0 Å². The quantitative estimate of drug-likeness (QED) is 0.594. The zero-order chi connectivity index (χ0) is 21.8. The summed E-state index contributed by atoms with van der Waals surface area (Å²) in [6.07, 6.45) is -0.328. The standard InChI is InChI=1S/C23H40NO3P/c1-11-23(10,19(25)17-12-14-18(15-13-17)20(2,3)4)28(26)24(21(5,6)7)16-22(8,9)27-28/h12-15,19,25H,11,16H2,1-10H3/t19-,23+,28-/m1/s1. The highest BCUT2D eigenvalue weighted by Gasteiger charge is 2.62. The van der Waals surface area contributed by atoms with Crippen LogP contribution in [0.2, 0.25) is 0 Å². The van der Waals surface area contributed by atoms with Crippen LogP contribution in [0.25, 0.3) is 0 Å². The summed E-state index contributed by atoms with van der Waals surface area (Å²) in [6.45, 7) is 21.1. The molecule has 28 heavy (non-hydrogen) atoms. The molecule has 0 aliphatic carbocycles. The Hall–Kier alpha value is -0.670. The molecule has 0 spiro atoms. The van der Waals surface area contributed by atoms with Crippen molar-refractivity contribution >= 4 is 7.52 Å². The number of benzene rings is 1. The molecule has 1 saturated heterocycles. The number of aliphatic hydroxyl groups excluding tert-OH is 1. The Labute approximate surface area is 172 Å². The molecule has 2 rings (SSSR count). The largest absolute Gasteiger partial charge is 0.387 e.